The summed E-state index contributed by atoms with van der Waals surface area (Å²) >= 11 is 0. The second-order valence-electron chi connectivity index (χ2n) is 5.94. The summed E-state index contributed by atoms with van der Waals surface area (Å²) in [5.41, 5.74) is 0.551. The first-order valence-electron chi connectivity index (χ1n) is 6.60. The fourth-order valence-corrected chi connectivity index (χ4v) is 5.75. The first-order chi connectivity index (χ1) is 9.40. The smallest absolute Gasteiger partial charge is 0.308 e. The Morgan fingerprint density at radius 3 is 2.50 bits per heavy atom. The van der Waals surface area contributed by atoms with Gasteiger partial charge in [0.05, 0.1) is 17.4 Å². The molecule has 6 heteroatoms. The summed E-state index contributed by atoms with van der Waals surface area (Å²) in [5.74, 6) is -1.42. The van der Waals surface area contributed by atoms with Crippen LogP contribution in [0.5, 0.6) is 0 Å². The number of carboxylic acids is 1. The molecule has 0 radical (unpaired) electrons. The number of nitrogens with zero attached hydrogens (tertiary/aromatic N) is 1. The van der Waals surface area contributed by atoms with Crippen LogP contribution in [0.15, 0.2) is 30.3 Å². The highest BCUT2D eigenvalue weighted by molar-refractivity contribution is 7.92. The number of likely N-dealkylation sites (tertiary alicyclic amines) is 1. The Kier molecular flexibility index (Phi) is 3.10. The minimum Gasteiger partial charge on any atom is -0.481 e. The summed E-state index contributed by atoms with van der Waals surface area (Å²) in [6.07, 6.45) is 0. The Labute approximate surface area is 118 Å². The number of hydrogen-bond acceptors (Lipinski definition) is 4. The van der Waals surface area contributed by atoms with Gasteiger partial charge in [-0.1, -0.05) is 30.3 Å². The van der Waals surface area contributed by atoms with Crippen LogP contribution < -0.4 is 0 Å². The van der Waals surface area contributed by atoms with Crippen molar-refractivity contribution in [2.24, 2.45) is 11.3 Å². The predicted molar refractivity (Wildman–Crippen MR) is 73.9 cm³/mol. The Morgan fingerprint density at radius 2 is 1.95 bits per heavy atom. The average Bonchev–Trinajstić information content (AvgIpc) is 2.68. The molecule has 1 N–H and O–H groups in total. The fraction of sp³-hybridized carbons (Fsp3) is 0.500. The van der Waals surface area contributed by atoms with Crippen LogP contribution in [0.3, 0.4) is 0 Å². The standard InChI is InChI=1S/C14H17NO4S/c16-13(17)12-7-15(6-11-4-2-1-3-5-11)8-14(12)9-20(18,19)10-14/h1-5,12H,6-10H2,(H,16,17). The minimum atomic E-state index is -3.03. The molecule has 1 aromatic carbocycles. The SMILES string of the molecule is O=C(O)C1CN(Cc2ccccc2)CC12CS(=O)(=O)C2. The van der Waals surface area contributed by atoms with Crippen molar-refractivity contribution in [1.29, 1.82) is 0 Å². The Bertz CT molecular complexity index is 614. The molecular weight excluding hydrogens is 278 g/mol. The number of benzene rings is 1. The third-order valence-electron chi connectivity index (χ3n) is 4.28. The van der Waals surface area contributed by atoms with E-state index in [2.05, 4.69) is 4.90 Å². The Morgan fingerprint density at radius 1 is 1.30 bits per heavy atom. The zero-order valence-electron chi connectivity index (χ0n) is 11.0. The van der Waals surface area contributed by atoms with E-state index in [1.165, 1.54) is 0 Å². The first-order valence-corrected chi connectivity index (χ1v) is 8.42. The molecule has 1 atom stereocenters. The van der Waals surface area contributed by atoms with E-state index in [1.807, 2.05) is 30.3 Å². The van der Waals surface area contributed by atoms with Crippen LogP contribution in [0.1, 0.15) is 5.56 Å². The molecule has 1 aromatic rings. The van der Waals surface area contributed by atoms with Crippen molar-refractivity contribution >= 4 is 15.8 Å². The normalized spacial score (nSPS) is 27.3. The van der Waals surface area contributed by atoms with Crippen LogP contribution in [0.4, 0.5) is 0 Å². The predicted octanol–water partition coefficient (Wildman–Crippen LogP) is 0.618. The third-order valence-corrected chi connectivity index (χ3v) is 6.31. The van der Waals surface area contributed by atoms with Gasteiger partial charge in [-0.3, -0.25) is 9.69 Å². The van der Waals surface area contributed by atoms with Gasteiger partial charge >= 0.3 is 5.97 Å². The monoisotopic (exact) mass is 295 g/mol. The zero-order valence-corrected chi connectivity index (χ0v) is 11.8. The van der Waals surface area contributed by atoms with Crippen LogP contribution >= 0.6 is 0 Å². The van der Waals surface area contributed by atoms with Gasteiger partial charge in [-0.15, -0.1) is 0 Å². The van der Waals surface area contributed by atoms with Crippen molar-refractivity contribution in [3.8, 4) is 0 Å². The lowest BCUT2D eigenvalue weighted by Crippen LogP contribution is -2.55. The highest BCUT2D eigenvalue weighted by atomic mass is 32.2. The molecule has 0 saturated carbocycles. The highest BCUT2D eigenvalue weighted by Gasteiger charge is 2.60. The maximum Gasteiger partial charge on any atom is 0.308 e. The average molecular weight is 295 g/mol. The van der Waals surface area contributed by atoms with Gasteiger partial charge in [0.1, 0.15) is 0 Å². The lowest BCUT2D eigenvalue weighted by Gasteiger charge is -2.40. The largest absolute Gasteiger partial charge is 0.481 e. The molecule has 0 aliphatic carbocycles. The summed E-state index contributed by atoms with van der Waals surface area (Å²) in [6, 6.07) is 9.83. The Balaban J connectivity index is 1.76. The summed E-state index contributed by atoms with van der Waals surface area (Å²) in [7, 11) is -3.03. The maximum atomic E-state index is 11.5. The van der Waals surface area contributed by atoms with Crippen LogP contribution in [0, 0.1) is 11.3 Å². The molecular formula is C14H17NO4S. The second-order valence-corrected chi connectivity index (χ2v) is 8.01. The summed E-state index contributed by atoms with van der Waals surface area (Å²) in [4.78, 5) is 13.5. The number of rotatable bonds is 3. The van der Waals surface area contributed by atoms with Gasteiger partial charge in [0.15, 0.2) is 9.84 Å². The van der Waals surface area contributed by atoms with E-state index in [0.29, 0.717) is 19.6 Å². The molecule has 2 aliphatic heterocycles. The van der Waals surface area contributed by atoms with E-state index in [-0.39, 0.29) is 11.5 Å². The summed E-state index contributed by atoms with van der Waals surface area (Å²) in [5, 5.41) is 9.35. The van der Waals surface area contributed by atoms with Crippen molar-refractivity contribution in [3.63, 3.8) is 0 Å². The van der Waals surface area contributed by atoms with Gasteiger partial charge in [-0.05, 0) is 5.56 Å². The van der Waals surface area contributed by atoms with Crippen molar-refractivity contribution in [3.05, 3.63) is 35.9 Å². The van der Waals surface area contributed by atoms with Crippen LogP contribution in [0.2, 0.25) is 0 Å². The van der Waals surface area contributed by atoms with Gasteiger partial charge in [0.2, 0.25) is 0 Å². The van der Waals surface area contributed by atoms with E-state index in [9.17, 15) is 18.3 Å². The quantitative estimate of drug-likeness (QED) is 0.884. The van der Waals surface area contributed by atoms with Crippen molar-refractivity contribution in [1.82, 2.24) is 4.90 Å². The van der Waals surface area contributed by atoms with Gasteiger partial charge < -0.3 is 5.11 Å². The molecule has 0 amide bonds. The number of aliphatic carboxylic acids is 1. The van der Waals surface area contributed by atoms with E-state index in [1.54, 1.807) is 0 Å². The molecule has 0 aromatic heterocycles. The van der Waals surface area contributed by atoms with Crippen LogP contribution in [-0.2, 0) is 21.2 Å². The maximum absolute atomic E-state index is 11.5. The number of hydrogen-bond donors (Lipinski definition) is 1. The number of carboxylic acid groups (broad SMARTS) is 1. The second kappa shape index (κ2) is 4.56. The molecule has 0 bridgehead atoms. The molecule has 2 saturated heterocycles. The minimum absolute atomic E-state index is 0.0161. The zero-order chi connectivity index (χ0) is 14.4. The number of carbonyl (C=O) groups is 1. The molecule has 2 fully saturated rings. The fourth-order valence-electron chi connectivity index (χ4n) is 3.50. The van der Waals surface area contributed by atoms with Gasteiger partial charge in [0.25, 0.3) is 0 Å². The molecule has 108 valence electrons. The summed E-state index contributed by atoms with van der Waals surface area (Å²) < 4.78 is 22.9. The van der Waals surface area contributed by atoms with Crippen molar-refractivity contribution in [2.45, 2.75) is 6.54 Å². The van der Waals surface area contributed by atoms with Gasteiger partial charge in [-0.2, -0.15) is 0 Å². The van der Waals surface area contributed by atoms with E-state index in [4.69, 9.17) is 0 Å². The van der Waals surface area contributed by atoms with E-state index < -0.39 is 27.1 Å². The summed E-state index contributed by atoms with van der Waals surface area (Å²) in [6.45, 7) is 1.66. The Hall–Kier alpha value is -1.40. The van der Waals surface area contributed by atoms with Crippen LogP contribution in [0.25, 0.3) is 0 Å². The first kappa shape index (κ1) is 13.6. The van der Waals surface area contributed by atoms with E-state index in [0.717, 1.165) is 5.56 Å². The molecule has 2 aliphatic rings. The van der Waals surface area contributed by atoms with Crippen LogP contribution in [-0.4, -0.2) is 49.0 Å². The molecule has 20 heavy (non-hydrogen) atoms. The molecule has 5 nitrogen and oxygen atoms in total. The highest BCUT2D eigenvalue weighted by Crippen LogP contribution is 2.46. The topological polar surface area (TPSA) is 74.7 Å². The lowest BCUT2D eigenvalue weighted by molar-refractivity contribution is -0.144. The van der Waals surface area contributed by atoms with Crippen molar-refractivity contribution < 1.29 is 18.3 Å². The molecule has 2 heterocycles. The van der Waals surface area contributed by atoms with E-state index >= 15 is 0 Å². The number of sulfone groups is 1. The third kappa shape index (κ3) is 2.33. The molecule has 1 spiro atoms. The van der Waals surface area contributed by atoms with Gasteiger partial charge in [-0.25, -0.2) is 8.42 Å². The molecule has 1 unspecified atom stereocenters. The molecule has 3 rings (SSSR count). The van der Waals surface area contributed by atoms with Crippen molar-refractivity contribution in [2.75, 3.05) is 24.6 Å². The van der Waals surface area contributed by atoms with Gasteiger partial charge in [0, 0.05) is 25.0 Å². The lowest BCUT2D eigenvalue weighted by atomic mass is 9.81.